The van der Waals surface area contributed by atoms with E-state index in [4.69, 9.17) is 14.2 Å². The van der Waals surface area contributed by atoms with Gasteiger partial charge in [-0.2, -0.15) is 0 Å². The molecule has 0 saturated carbocycles. The van der Waals surface area contributed by atoms with E-state index < -0.39 is 6.10 Å². The third kappa shape index (κ3) is 55.7. The van der Waals surface area contributed by atoms with E-state index in [1.165, 1.54) is 238 Å². The number of unbranched alkanes of at least 4 members (excludes halogenated alkanes) is 39. The molecule has 0 aromatic carbocycles. The highest BCUT2D eigenvalue weighted by atomic mass is 16.6. The summed E-state index contributed by atoms with van der Waals surface area (Å²) >= 11 is 0. The van der Waals surface area contributed by atoms with Gasteiger partial charge >= 0.3 is 17.9 Å². The van der Waals surface area contributed by atoms with Gasteiger partial charge in [0.05, 0.1) is 0 Å². The van der Waals surface area contributed by atoms with Crippen LogP contribution in [0.3, 0.4) is 0 Å². The van der Waals surface area contributed by atoms with E-state index >= 15 is 0 Å². The molecule has 0 fully saturated rings. The molecule has 416 valence electrons. The molecular formula is C64H124O6. The van der Waals surface area contributed by atoms with Gasteiger partial charge in [0.15, 0.2) is 6.10 Å². The lowest BCUT2D eigenvalue weighted by Gasteiger charge is -2.18. The van der Waals surface area contributed by atoms with Crippen LogP contribution in [-0.4, -0.2) is 37.2 Å². The normalized spacial score (nSPS) is 12.5. The maximum absolute atomic E-state index is 12.9. The molecule has 0 heterocycles. The van der Waals surface area contributed by atoms with Gasteiger partial charge in [0.1, 0.15) is 13.2 Å². The number of esters is 3. The van der Waals surface area contributed by atoms with Crippen molar-refractivity contribution in [2.24, 2.45) is 17.8 Å². The fourth-order valence-corrected chi connectivity index (χ4v) is 9.85. The predicted molar refractivity (Wildman–Crippen MR) is 303 cm³/mol. The van der Waals surface area contributed by atoms with Crippen molar-refractivity contribution < 1.29 is 28.6 Å². The summed E-state index contributed by atoms with van der Waals surface area (Å²) in [6, 6.07) is 0. The number of rotatable bonds is 57. The molecule has 0 aliphatic carbocycles. The third-order valence-electron chi connectivity index (χ3n) is 15.0. The van der Waals surface area contributed by atoms with E-state index in [9.17, 15) is 14.4 Å². The van der Waals surface area contributed by atoms with Gasteiger partial charge in [0, 0.05) is 19.3 Å². The Kier molecular flexibility index (Phi) is 53.9. The van der Waals surface area contributed by atoms with E-state index in [2.05, 4.69) is 41.5 Å². The summed E-state index contributed by atoms with van der Waals surface area (Å²) in [7, 11) is 0. The SMILES string of the molecule is CCC(C)CCCCCCCCCCCCCCCCCCCCC(=O)O[C@H](COC(=O)CCCCCCCCCCCCCCCC(C)C)COC(=O)CCCCCCCCCCCCCC(C)C. The maximum Gasteiger partial charge on any atom is 0.306 e. The molecule has 0 bridgehead atoms. The minimum absolute atomic E-state index is 0.0629. The van der Waals surface area contributed by atoms with Gasteiger partial charge in [-0.25, -0.2) is 0 Å². The molecule has 0 radical (unpaired) electrons. The van der Waals surface area contributed by atoms with Crippen molar-refractivity contribution in [1.82, 2.24) is 0 Å². The van der Waals surface area contributed by atoms with Crippen molar-refractivity contribution in [1.29, 1.82) is 0 Å². The Morgan fingerprint density at radius 1 is 0.286 bits per heavy atom. The minimum Gasteiger partial charge on any atom is -0.462 e. The van der Waals surface area contributed by atoms with E-state index in [1.54, 1.807) is 0 Å². The molecule has 0 saturated heterocycles. The quantitative estimate of drug-likeness (QED) is 0.0343. The van der Waals surface area contributed by atoms with E-state index in [0.717, 1.165) is 75.5 Å². The van der Waals surface area contributed by atoms with Crippen molar-refractivity contribution in [2.45, 2.75) is 362 Å². The van der Waals surface area contributed by atoms with E-state index in [0.29, 0.717) is 19.3 Å². The van der Waals surface area contributed by atoms with Crippen molar-refractivity contribution in [3.63, 3.8) is 0 Å². The number of hydrogen-bond donors (Lipinski definition) is 0. The average Bonchev–Trinajstić information content (AvgIpc) is 3.33. The fourth-order valence-electron chi connectivity index (χ4n) is 9.85. The van der Waals surface area contributed by atoms with Crippen LogP contribution >= 0.6 is 0 Å². The molecule has 6 heteroatoms. The zero-order valence-electron chi connectivity index (χ0n) is 48.3. The maximum atomic E-state index is 12.9. The molecule has 2 atom stereocenters. The Balaban J connectivity index is 4.27. The van der Waals surface area contributed by atoms with Crippen molar-refractivity contribution in [3.8, 4) is 0 Å². The Labute approximate surface area is 438 Å². The Bertz CT molecular complexity index is 1090. The lowest BCUT2D eigenvalue weighted by atomic mass is 9.99. The van der Waals surface area contributed by atoms with Crippen molar-refractivity contribution in [3.05, 3.63) is 0 Å². The van der Waals surface area contributed by atoms with Gasteiger partial charge < -0.3 is 14.2 Å². The molecular weight excluding hydrogens is 865 g/mol. The van der Waals surface area contributed by atoms with E-state index in [1.807, 2.05) is 0 Å². The van der Waals surface area contributed by atoms with Gasteiger partial charge in [-0.05, 0) is 37.0 Å². The Hall–Kier alpha value is -1.59. The molecule has 0 amide bonds. The zero-order chi connectivity index (χ0) is 51.2. The molecule has 0 N–H and O–H groups in total. The standard InChI is InChI=1S/C64H124O6/c1-7-60(6)52-46-40-34-28-22-16-12-10-8-9-11-13-17-24-31-37-43-49-55-64(67)70-61(57-69-63(66)54-48-42-36-30-25-19-21-27-33-39-45-51-59(4)5)56-68-62(65)53-47-41-35-29-23-18-14-15-20-26-32-38-44-50-58(2)3/h58-61H,7-57H2,1-6H3/t60?,61-/m1/s1. The van der Waals surface area contributed by atoms with Gasteiger partial charge in [-0.15, -0.1) is 0 Å². The third-order valence-corrected chi connectivity index (χ3v) is 15.0. The molecule has 0 aromatic heterocycles. The number of carbonyl (C=O) groups is 3. The first-order valence-electron chi connectivity index (χ1n) is 31.6. The average molecular weight is 990 g/mol. The topological polar surface area (TPSA) is 78.9 Å². The molecule has 0 rings (SSSR count). The van der Waals surface area contributed by atoms with Crippen LogP contribution in [0.5, 0.6) is 0 Å². The van der Waals surface area contributed by atoms with Crippen LogP contribution in [0.2, 0.25) is 0 Å². The summed E-state index contributed by atoms with van der Waals surface area (Å²) in [5, 5.41) is 0. The lowest BCUT2D eigenvalue weighted by Crippen LogP contribution is -2.30. The van der Waals surface area contributed by atoms with Crippen LogP contribution in [0.25, 0.3) is 0 Å². The highest BCUT2D eigenvalue weighted by molar-refractivity contribution is 5.71. The van der Waals surface area contributed by atoms with Crippen molar-refractivity contribution >= 4 is 17.9 Å². The summed E-state index contributed by atoms with van der Waals surface area (Å²) in [5.41, 5.74) is 0. The molecule has 0 aliphatic rings. The smallest absolute Gasteiger partial charge is 0.306 e. The highest BCUT2D eigenvalue weighted by Gasteiger charge is 2.19. The molecule has 0 aromatic rings. The summed E-state index contributed by atoms with van der Waals surface area (Å²) in [6.45, 7) is 13.8. The van der Waals surface area contributed by atoms with Gasteiger partial charge in [-0.3, -0.25) is 14.4 Å². The minimum atomic E-state index is -0.764. The van der Waals surface area contributed by atoms with Gasteiger partial charge in [0.2, 0.25) is 0 Å². The van der Waals surface area contributed by atoms with Crippen LogP contribution in [-0.2, 0) is 28.6 Å². The first-order valence-corrected chi connectivity index (χ1v) is 31.6. The second-order valence-corrected chi connectivity index (χ2v) is 23.2. The van der Waals surface area contributed by atoms with E-state index in [-0.39, 0.29) is 31.1 Å². The number of ether oxygens (including phenoxy) is 3. The number of hydrogen-bond acceptors (Lipinski definition) is 6. The van der Waals surface area contributed by atoms with Gasteiger partial charge in [-0.1, -0.05) is 318 Å². The monoisotopic (exact) mass is 989 g/mol. The summed E-state index contributed by atoms with van der Waals surface area (Å²) < 4.78 is 16.9. The van der Waals surface area contributed by atoms with Crippen LogP contribution in [0.4, 0.5) is 0 Å². The molecule has 0 aliphatic heterocycles. The second kappa shape index (κ2) is 55.2. The van der Waals surface area contributed by atoms with Crippen LogP contribution < -0.4 is 0 Å². The fraction of sp³-hybridized carbons (Fsp3) is 0.953. The predicted octanol–water partition coefficient (Wildman–Crippen LogP) is 21.1. The van der Waals surface area contributed by atoms with Crippen LogP contribution in [0, 0.1) is 17.8 Å². The Morgan fingerprint density at radius 3 is 0.743 bits per heavy atom. The molecule has 0 spiro atoms. The molecule has 70 heavy (non-hydrogen) atoms. The molecule has 1 unspecified atom stereocenters. The van der Waals surface area contributed by atoms with Crippen LogP contribution in [0.15, 0.2) is 0 Å². The lowest BCUT2D eigenvalue weighted by molar-refractivity contribution is -0.167. The summed E-state index contributed by atoms with van der Waals surface area (Å²) in [5.74, 6) is 1.74. The summed E-state index contributed by atoms with van der Waals surface area (Å²) in [4.78, 5) is 38.3. The van der Waals surface area contributed by atoms with Crippen LogP contribution in [0.1, 0.15) is 356 Å². The second-order valence-electron chi connectivity index (χ2n) is 23.2. The summed E-state index contributed by atoms with van der Waals surface area (Å²) in [6.07, 6.45) is 59.5. The Morgan fingerprint density at radius 2 is 0.500 bits per heavy atom. The number of carbonyl (C=O) groups excluding carboxylic acids is 3. The first-order chi connectivity index (χ1) is 34.1. The largest absolute Gasteiger partial charge is 0.462 e. The van der Waals surface area contributed by atoms with Gasteiger partial charge in [0.25, 0.3) is 0 Å². The van der Waals surface area contributed by atoms with Crippen molar-refractivity contribution in [2.75, 3.05) is 13.2 Å². The first kappa shape index (κ1) is 68.4. The molecule has 6 nitrogen and oxygen atoms in total. The zero-order valence-corrected chi connectivity index (χ0v) is 48.3. The highest BCUT2D eigenvalue weighted by Crippen LogP contribution is 2.19.